The number of sulfonamides is 1. The van der Waals surface area contributed by atoms with Crippen LogP contribution in [0, 0.1) is 0 Å². The third-order valence-electron chi connectivity index (χ3n) is 4.14. The second-order valence-corrected chi connectivity index (χ2v) is 8.30. The lowest BCUT2D eigenvalue weighted by Gasteiger charge is -2.09. The van der Waals surface area contributed by atoms with Crippen LogP contribution in [0.25, 0.3) is 0 Å². The van der Waals surface area contributed by atoms with Gasteiger partial charge in [0, 0.05) is 26.7 Å². The van der Waals surface area contributed by atoms with Gasteiger partial charge in [0.2, 0.25) is 10.0 Å². The van der Waals surface area contributed by atoms with Crippen molar-refractivity contribution in [2.45, 2.75) is 37.8 Å². The maximum absolute atomic E-state index is 12.1. The van der Waals surface area contributed by atoms with Crippen LogP contribution in [0.1, 0.15) is 36.5 Å². The molecule has 2 aromatic rings. The van der Waals surface area contributed by atoms with E-state index in [1.165, 1.54) is 18.2 Å². The monoisotopic (exact) mass is 376 g/mol. The smallest absolute Gasteiger partial charge is 0.240 e. The van der Waals surface area contributed by atoms with Gasteiger partial charge in [0.05, 0.1) is 11.5 Å². The predicted octanol–water partition coefficient (Wildman–Crippen LogP) is 3.02. The van der Waals surface area contributed by atoms with Gasteiger partial charge in [-0.05, 0) is 34.7 Å². The molecule has 0 saturated carbocycles. The molecule has 0 unspecified atom stereocenters. The molecule has 0 bridgehead atoms. The molecule has 2 rings (SSSR count). The molecular formula is C20H28N2O3S. The average Bonchev–Trinajstić information content (AvgIpc) is 2.63. The van der Waals surface area contributed by atoms with E-state index >= 15 is 0 Å². The molecule has 0 spiro atoms. The molecule has 0 aliphatic carbocycles. The summed E-state index contributed by atoms with van der Waals surface area (Å²) in [5, 5.41) is 3.39. The molecule has 0 aromatic heterocycles. The summed E-state index contributed by atoms with van der Waals surface area (Å²) < 4.78 is 31.6. The van der Waals surface area contributed by atoms with Gasteiger partial charge >= 0.3 is 0 Å². The highest BCUT2D eigenvalue weighted by Crippen LogP contribution is 2.15. The lowest BCUT2D eigenvalue weighted by atomic mass is 10.0. The van der Waals surface area contributed by atoms with E-state index in [1.807, 2.05) is 12.1 Å². The molecule has 0 fully saturated rings. The van der Waals surface area contributed by atoms with E-state index in [4.69, 9.17) is 4.74 Å². The molecule has 0 aliphatic rings. The molecule has 0 atom stereocenters. The fraction of sp³-hybridized carbons (Fsp3) is 0.400. The fourth-order valence-electron chi connectivity index (χ4n) is 2.52. The van der Waals surface area contributed by atoms with E-state index in [0.717, 1.165) is 12.1 Å². The summed E-state index contributed by atoms with van der Waals surface area (Å²) in [5.41, 5.74) is 3.61. The minimum absolute atomic E-state index is 0.262. The highest BCUT2D eigenvalue weighted by Gasteiger charge is 2.12. The largest absolute Gasteiger partial charge is 0.383 e. The molecule has 26 heavy (non-hydrogen) atoms. The van der Waals surface area contributed by atoms with Gasteiger partial charge in [0.25, 0.3) is 0 Å². The topological polar surface area (TPSA) is 67.4 Å². The van der Waals surface area contributed by atoms with E-state index in [2.05, 4.69) is 48.2 Å². The molecule has 0 heterocycles. The number of hydrogen-bond donors (Lipinski definition) is 2. The summed E-state index contributed by atoms with van der Waals surface area (Å²) in [6.07, 6.45) is 0. The third-order valence-corrected chi connectivity index (χ3v) is 5.61. The molecule has 6 heteroatoms. The number of hydrogen-bond acceptors (Lipinski definition) is 4. The van der Waals surface area contributed by atoms with Crippen molar-refractivity contribution in [3.63, 3.8) is 0 Å². The van der Waals surface area contributed by atoms with Crippen LogP contribution in [0.5, 0.6) is 0 Å². The van der Waals surface area contributed by atoms with Crippen LogP contribution in [-0.4, -0.2) is 28.7 Å². The Morgan fingerprint density at radius 1 is 0.923 bits per heavy atom. The SMILES string of the molecule is COCCNS(=O)(=O)c1ccc(CNCc2ccc(C(C)C)cc2)cc1. The minimum atomic E-state index is -3.47. The average molecular weight is 377 g/mol. The molecular weight excluding hydrogens is 348 g/mol. The maximum Gasteiger partial charge on any atom is 0.240 e. The Labute approximate surface area is 156 Å². The van der Waals surface area contributed by atoms with Gasteiger partial charge in [-0.25, -0.2) is 13.1 Å². The molecule has 142 valence electrons. The van der Waals surface area contributed by atoms with Crippen molar-refractivity contribution in [1.29, 1.82) is 0 Å². The maximum atomic E-state index is 12.1. The van der Waals surface area contributed by atoms with Gasteiger partial charge in [0.1, 0.15) is 0 Å². The van der Waals surface area contributed by atoms with Crippen molar-refractivity contribution < 1.29 is 13.2 Å². The number of methoxy groups -OCH3 is 1. The van der Waals surface area contributed by atoms with Crippen molar-refractivity contribution in [3.05, 3.63) is 65.2 Å². The Morgan fingerprint density at radius 2 is 1.46 bits per heavy atom. The van der Waals surface area contributed by atoms with Crippen molar-refractivity contribution >= 4 is 10.0 Å². The van der Waals surface area contributed by atoms with E-state index in [-0.39, 0.29) is 11.4 Å². The number of rotatable bonds is 10. The van der Waals surface area contributed by atoms with Gasteiger partial charge in [-0.1, -0.05) is 50.2 Å². The summed E-state index contributed by atoms with van der Waals surface area (Å²) in [4.78, 5) is 0.265. The lowest BCUT2D eigenvalue weighted by molar-refractivity contribution is 0.204. The van der Waals surface area contributed by atoms with Crippen LogP contribution in [0.2, 0.25) is 0 Å². The summed E-state index contributed by atoms with van der Waals surface area (Å²) >= 11 is 0. The molecule has 2 N–H and O–H groups in total. The lowest BCUT2D eigenvalue weighted by Crippen LogP contribution is -2.27. The number of nitrogens with one attached hydrogen (secondary N) is 2. The first-order chi connectivity index (χ1) is 12.4. The van der Waals surface area contributed by atoms with Gasteiger partial charge in [-0.15, -0.1) is 0 Å². The quantitative estimate of drug-likeness (QED) is 0.626. The van der Waals surface area contributed by atoms with Crippen LogP contribution in [0.3, 0.4) is 0 Å². The Bertz CT molecular complexity index is 770. The zero-order chi connectivity index (χ0) is 19.0. The summed E-state index contributed by atoms with van der Waals surface area (Å²) in [6, 6.07) is 15.5. The van der Waals surface area contributed by atoms with E-state index in [1.54, 1.807) is 12.1 Å². The van der Waals surface area contributed by atoms with E-state index < -0.39 is 10.0 Å². The van der Waals surface area contributed by atoms with Gasteiger partial charge in [-0.3, -0.25) is 0 Å². The van der Waals surface area contributed by atoms with Crippen LogP contribution >= 0.6 is 0 Å². The second-order valence-electron chi connectivity index (χ2n) is 6.53. The summed E-state index contributed by atoms with van der Waals surface area (Å²) in [5.74, 6) is 0.538. The Kier molecular flexibility index (Phi) is 7.78. The Balaban J connectivity index is 1.85. The van der Waals surface area contributed by atoms with E-state index in [0.29, 0.717) is 19.1 Å². The second kappa shape index (κ2) is 9.83. The van der Waals surface area contributed by atoms with Crippen LogP contribution in [0.15, 0.2) is 53.4 Å². The van der Waals surface area contributed by atoms with Crippen molar-refractivity contribution in [2.24, 2.45) is 0 Å². The first-order valence-electron chi connectivity index (χ1n) is 8.79. The molecule has 5 nitrogen and oxygen atoms in total. The first-order valence-corrected chi connectivity index (χ1v) is 10.3. The first kappa shape index (κ1) is 20.6. The summed E-state index contributed by atoms with van der Waals surface area (Å²) in [6.45, 7) is 6.44. The van der Waals surface area contributed by atoms with Gasteiger partial charge in [-0.2, -0.15) is 0 Å². The van der Waals surface area contributed by atoms with Gasteiger partial charge < -0.3 is 10.1 Å². The number of ether oxygens (including phenoxy) is 1. The highest BCUT2D eigenvalue weighted by molar-refractivity contribution is 7.89. The van der Waals surface area contributed by atoms with Crippen LogP contribution in [0.4, 0.5) is 0 Å². The van der Waals surface area contributed by atoms with Crippen LogP contribution in [-0.2, 0) is 27.8 Å². The van der Waals surface area contributed by atoms with Gasteiger partial charge in [0.15, 0.2) is 0 Å². The van der Waals surface area contributed by atoms with Crippen molar-refractivity contribution in [3.8, 4) is 0 Å². The zero-order valence-corrected chi connectivity index (χ0v) is 16.5. The van der Waals surface area contributed by atoms with E-state index in [9.17, 15) is 8.42 Å². The van der Waals surface area contributed by atoms with Crippen molar-refractivity contribution in [2.75, 3.05) is 20.3 Å². The summed E-state index contributed by atoms with van der Waals surface area (Å²) in [7, 11) is -1.94. The number of benzene rings is 2. The molecule has 0 radical (unpaired) electrons. The normalized spacial score (nSPS) is 11.8. The predicted molar refractivity (Wildman–Crippen MR) is 105 cm³/mol. The highest BCUT2D eigenvalue weighted by atomic mass is 32.2. The molecule has 2 aromatic carbocycles. The fourth-order valence-corrected chi connectivity index (χ4v) is 3.53. The standard InChI is InChI=1S/C20H28N2O3S/c1-16(2)19-8-4-17(5-9-19)14-21-15-18-6-10-20(11-7-18)26(23,24)22-12-13-25-3/h4-11,16,21-22H,12-15H2,1-3H3. The Hall–Kier alpha value is -1.73. The Morgan fingerprint density at radius 3 is 1.96 bits per heavy atom. The zero-order valence-electron chi connectivity index (χ0n) is 15.7. The molecule has 0 amide bonds. The van der Waals surface area contributed by atoms with Crippen molar-refractivity contribution in [1.82, 2.24) is 10.0 Å². The molecule has 0 aliphatic heterocycles. The van der Waals surface area contributed by atoms with Crippen LogP contribution < -0.4 is 10.0 Å². The molecule has 0 saturated heterocycles. The third kappa shape index (κ3) is 6.21. The minimum Gasteiger partial charge on any atom is -0.383 e.